The SMILES string of the molecule is CN(C)C(=O)CCN1C(=O)CS[C@@H]1c1ccc(F)cc1F. The van der Waals surface area contributed by atoms with Crippen molar-refractivity contribution in [1.29, 1.82) is 0 Å². The van der Waals surface area contributed by atoms with Crippen molar-refractivity contribution in [3.8, 4) is 0 Å². The van der Waals surface area contributed by atoms with Crippen LogP contribution in [0.1, 0.15) is 17.4 Å². The van der Waals surface area contributed by atoms with Crippen LogP contribution in [0.5, 0.6) is 0 Å². The standard InChI is InChI=1S/C14H16F2N2O2S/c1-17(2)12(19)5-6-18-13(20)8-21-14(18)10-4-3-9(15)7-11(10)16/h3-4,7,14H,5-6,8H2,1-2H3/t14-/m1/s1. The van der Waals surface area contributed by atoms with Crippen LogP contribution in [0, 0.1) is 11.6 Å². The Labute approximate surface area is 126 Å². The molecule has 4 nitrogen and oxygen atoms in total. The van der Waals surface area contributed by atoms with Crippen LogP contribution in [0.2, 0.25) is 0 Å². The van der Waals surface area contributed by atoms with Crippen LogP contribution in [0.3, 0.4) is 0 Å². The van der Waals surface area contributed by atoms with Gasteiger partial charge in [-0.25, -0.2) is 8.78 Å². The van der Waals surface area contributed by atoms with Gasteiger partial charge < -0.3 is 9.80 Å². The third-order valence-electron chi connectivity index (χ3n) is 3.26. The summed E-state index contributed by atoms with van der Waals surface area (Å²) in [6.07, 6.45) is 0.179. The van der Waals surface area contributed by atoms with Gasteiger partial charge in [0.2, 0.25) is 11.8 Å². The quantitative estimate of drug-likeness (QED) is 0.854. The second-order valence-electron chi connectivity index (χ2n) is 4.95. The molecule has 2 amide bonds. The van der Waals surface area contributed by atoms with E-state index in [4.69, 9.17) is 0 Å². The van der Waals surface area contributed by atoms with E-state index in [0.717, 1.165) is 6.07 Å². The third-order valence-corrected chi connectivity index (χ3v) is 4.50. The van der Waals surface area contributed by atoms with E-state index in [2.05, 4.69) is 0 Å². The number of hydrogen-bond acceptors (Lipinski definition) is 3. The summed E-state index contributed by atoms with van der Waals surface area (Å²) in [7, 11) is 3.28. The van der Waals surface area contributed by atoms with Crippen LogP contribution in [-0.4, -0.2) is 48.0 Å². The van der Waals surface area contributed by atoms with Crippen molar-refractivity contribution in [2.24, 2.45) is 0 Å². The molecular formula is C14H16F2N2O2S. The van der Waals surface area contributed by atoms with Crippen LogP contribution >= 0.6 is 11.8 Å². The Morgan fingerprint density at radius 3 is 2.76 bits per heavy atom. The number of halogens is 2. The fourth-order valence-electron chi connectivity index (χ4n) is 2.09. The predicted octanol–water partition coefficient (Wildman–Crippen LogP) is 2.02. The average molecular weight is 314 g/mol. The normalized spacial score (nSPS) is 18.2. The van der Waals surface area contributed by atoms with Gasteiger partial charge in [-0.15, -0.1) is 11.8 Å². The minimum atomic E-state index is -0.675. The Hall–Kier alpha value is -1.63. The number of amides is 2. The lowest BCUT2D eigenvalue weighted by atomic mass is 10.2. The molecule has 1 aromatic rings. The zero-order valence-electron chi connectivity index (χ0n) is 11.8. The number of nitrogens with zero attached hydrogens (tertiary/aromatic N) is 2. The van der Waals surface area contributed by atoms with Crippen molar-refractivity contribution in [2.75, 3.05) is 26.4 Å². The summed E-state index contributed by atoms with van der Waals surface area (Å²) in [5.74, 6) is -1.33. The van der Waals surface area contributed by atoms with Gasteiger partial charge >= 0.3 is 0 Å². The molecule has 0 unspecified atom stereocenters. The Morgan fingerprint density at radius 2 is 2.14 bits per heavy atom. The summed E-state index contributed by atoms with van der Waals surface area (Å²) in [4.78, 5) is 26.4. The van der Waals surface area contributed by atoms with Gasteiger partial charge in [-0.05, 0) is 6.07 Å². The lowest BCUT2D eigenvalue weighted by Crippen LogP contribution is -2.33. The van der Waals surface area contributed by atoms with Crippen molar-refractivity contribution >= 4 is 23.6 Å². The zero-order valence-corrected chi connectivity index (χ0v) is 12.6. The Morgan fingerprint density at radius 1 is 1.43 bits per heavy atom. The fourth-order valence-corrected chi connectivity index (χ4v) is 3.33. The number of benzene rings is 1. The second-order valence-corrected chi connectivity index (χ2v) is 6.02. The number of thioether (sulfide) groups is 1. The van der Waals surface area contributed by atoms with Crippen LogP contribution in [0.15, 0.2) is 18.2 Å². The molecule has 1 atom stereocenters. The van der Waals surface area contributed by atoms with Gasteiger partial charge in [0.1, 0.15) is 17.0 Å². The van der Waals surface area contributed by atoms with Crippen LogP contribution in [0.25, 0.3) is 0 Å². The van der Waals surface area contributed by atoms with E-state index < -0.39 is 17.0 Å². The van der Waals surface area contributed by atoms with Gasteiger partial charge in [0.15, 0.2) is 0 Å². The molecule has 2 rings (SSSR count). The molecule has 0 saturated carbocycles. The molecule has 1 heterocycles. The van der Waals surface area contributed by atoms with Crippen LogP contribution < -0.4 is 0 Å². The Kier molecular flexibility index (Phi) is 4.82. The smallest absolute Gasteiger partial charge is 0.233 e. The van der Waals surface area contributed by atoms with Gasteiger partial charge in [-0.1, -0.05) is 6.07 Å². The van der Waals surface area contributed by atoms with E-state index in [9.17, 15) is 18.4 Å². The highest BCUT2D eigenvalue weighted by Gasteiger charge is 2.34. The van der Waals surface area contributed by atoms with E-state index in [1.165, 1.54) is 33.7 Å². The molecule has 0 aromatic heterocycles. The van der Waals surface area contributed by atoms with Crippen molar-refractivity contribution < 1.29 is 18.4 Å². The molecule has 0 radical (unpaired) electrons. The lowest BCUT2D eigenvalue weighted by molar-refractivity contribution is -0.131. The highest BCUT2D eigenvalue weighted by atomic mass is 32.2. The molecule has 1 aromatic carbocycles. The molecule has 1 saturated heterocycles. The monoisotopic (exact) mass is 314 g/mol. The molecule has 0 N–H and O–H groups in total. The van der Waals surface area contributed by atoms with E-state index in [0.29, 0.717) is 0 Å². The molecule has 0 spiro atoms. The maximum Gasteiger partial charge on any atom is 0.233 e. The molecule has 1 fully saturated rings. The fraction of sp³-hybridized carbons (Fsp3) is 0.429. The minimum absolute atomic E-state index is 0.0990. The first-order chi connectivity index (χ1) is 9.90. The predicted molar refractivity (Wildman–Crippen MR) is 76.6 cm³/mol. The highest BCUT2D eigenvalue weighted by molar-refractivity contribution is 8.00. The van der Waals surface area contributed by atoms with Crippen LogP contribution in [0.4, 0.5) is 8.78 Å². The average Bonchev–Trinajstić information content (AvgIpc) is 2.77. The van der Waals surface area contributed by atoms with Gasteiger partial charge in [0.05, 0.1) is 5.75 Å². The van der Waals surface area contributed by atoms with E-state index >= 15 is 0 Å². The van der Waals surface area contributed by atoms with E-state index in [1.807, 2.05) is 0 Å². The summed E-state index contributed by atoms with van der Waals surface area (Å²) < 4.78 is 26.8. The summed E-state index contributed by atoms with van der Waals surface area (Å²) in [5.41, 5.74) is 0.268. The molecule has 1 aliphatic heterocycles. The number of hydrogen-bond donors (Lipinski definition) is 0. The van der Waals surface area contributed by atoms with Crippen molar-refractivity contribution in [3.63, 3.8) is 0 Å². The van der Waals surface area contributed by atoms with E-state index in [-0.39, 0.29) is 36.1 Å². The van der Waals surface area contributed by atoms with Crippen molar-refractivity contribution in [1.82, 2.24) is 9.80 Å². The number of rotatable bonds is 4. The first-order valence-corrected chi connectivity index (χ1v) is 7.51. The van der Waals surface area contributed by atoms with Crippen LogP contribution in [-0.2, 0) is 9.59 Å². The summed E-state index contributed by atoms with van der Waals surface area (Å²) in [6, 6.07) is 3.33. The largest absolute Gasteiger partial charge is 0.349 e. The first-order valence-electron chi connectivity index (χ1n) is 6.46. The lowest BCUT2D eigenvalue weighted by Gasteiger charge is -2.25. The summed E-state index contributed by atoms with van der Waals surface area (Å²) >= 11 is 1.28. The van der Waals surface area contributed by atoms with Crippen molar-refractivity contribution in [3.05, 3.63) is 35.4 Å². The summed E-state index contributed by atoms with van der Waals surface area (Å²) in [5, 5.41) is -0.506. The molecule has 114 valence electrons. The molecule has 7 heteroatoms. The minimum Gasteiger partial charge on any atom is -0.349 e. The first kappa shape index (κ1) is 15.8. The second kappa shape index (κ2) is 6.43. The van der Waals surface area contributed by atoms with Gasteiger partial charge in [-0.2, -0.15) is 0 Å². The number of carbonyl (C=O) groups is 2. The van der Waals surface area contributed by atoms with Gasteiger partial charge in [0.25, 0.3) is 0 Å². The molecule has 0 bridgehead atoms. The Bertz CT molecular complexity index is 566. The highest BCUT2D eigenvalue weighted by Crippen LogP contribution is 2.39. The zero-order chi connectivity index (χ0) is 15.6. The molecule has 21 heavy (non-hydrogen) atoms. The van der Waals surface area contributed by atoms with Gasteiger partial charge in [-0.3, -0.25) is 9.59 Å². The third kappa shape index (κ3) is 3.53. The Balaban J connectivity index is 2.14. The maximum absolute atomic E-state index is 13.9. The number of carbonyl (C=O) groups excluding carboxylic acids is 2. The molecule has 1 aliphatic rings. The molecule has 0 aliphatic carbocycles. The topological polar surface area (TPSA) is 40.6 Å². The van der Waals surface area contributed by atoms with E-state index in [1.54, 1.807) is 14.1 Å². The van der Waals surface area contributed by atoms with Gasteiger partial charge in [0, 0.05) is 38.7 Å². The molecular weight excluding hydrogens is 298 g/mol. The van der Waals surface area contributed by atoms with Crippen molar-refractivity contribution in [2.45, 2.75) is 11.8 Å². The maximum atomic E-state index is 13.9. The summed E-state index contributed by atoms with van der Waals surface area (Å²) in [6.45, 7) is 0.227.